The lowest BCUT2D eigenvalue weighted by Crippen LogP contribution is -2.24. The topological polar surface area (TPSA) is 0 Å². The molecule has 0 nitrogen and oxygen atoms in total. The molecule has 0 aromatic heterocycles. The second kappa shape index (κ2) is 5.86. The summed E-state index contributed by atoms with van der Waals surface area (Å²) in [7, 11) is 0. The highest BCUT2D eigenvalue weighted by atomic mass is 32.2. The Balaban J connectivity index is 2.00. The molecular formula is C13H18S2. The van der Waals surface area contributed by atoms with Gasteiger partial charge in [0.25, 0.3) is 0 Å². The van der Waals surface area contributed by atoms with Crippen molar-refractivity contribution in [2.24, 2.45) is 11.8 Å². The van der Waals surface area contributed by atoms with E-state index in [0.29, 0.717) is 11.8 Å². The summed E-state index contributed by atoms with van der Waals surface area (Å²) in [6, 6.07) is 0. The smallest absolute Gasteiger partial charge is 0.0570 e. The van der Waals surface area contributed by atoms with E-state index in [1.165, 1.54) is 17.9 Å². The van der Waals surface area contributed by atoms with E-state index in [9.17, 15) is 0 Å². The zero-order valence-electron chi connectivity index (χ0n) is 8.97. The minimum absolute atomic E-state index is 0.676. The van der Waals surface area contributed by atoms with Gasteiger partial charge in [0.2, 0.25) is 0 Å². The van der Waals surface area contributed by atoms with Crippen molar-refractivity contribution >= 4 is 23.5 Å². The highest BCUT2D eigenvalue weighted by Gasteiger charge is 2.28. The Labute approximate surface area is 101 Å². The molecule has 2 rings (SSSR count). The maximum absolute atomic E-state index is 3.86. The standard InChI is InChI=1S/C13H18S2/c1-2-6-11-7-3-4-8-12(11)13-14-9-5-10-15-13/h2-4,7-8,11-13H,1,5-6,9-10H2/t11-,12+/m1/s1. The fourth-order valence-electron chi connectivity index (χ4n) is 2.12. The van der Waals surface area contributed by atoms with Crippen LogP contribution in [-0.4, -0.2) is 16.1 Å². The summed E-state index contributed by atoms with van der Waals surface area (Å²) in [6.07, 6.45) is 13.7. The monoisotopic (exact) mass is 238 g/mol. The van der Waals surface area contributed by atoms with Gasteiger partial charge >= 0.3 is 0 Å². The molecule has 1 fully saturated rings. The molecule has 0 spiro atoms. The number of rotatable bonds is 3. The van der Waals surface area contributed by atoms with Crippen LogP contribution >= 0.6 is 23.5 Å². The average molecular weight is 238 g/mol. The first-order chi connectivity index (χ1) is 7.42. The molecule has 0 unspecified atom stereocenters. The van der Waals surface area contributed by atoms with E-state index in [-0.39, 0.29) is 0 Å². The quantitative estimate of drug-likeness (QED) is 0.678. The molecule has 1 aliphatic heterocycles. The third kappa shape index (κ3) is 2.94. The van der Waals surface area contributed by atoms with Gasteiger partial charge in [-0.3, -0.25) is 0 Å². The van der Waals surface area contributed by atoms with Crippen LogP contribution in [0.2, 0.25) is 0 Å². The molecule has 0 amide bonds. The summed E-state index contributed by atoms with van der Waals surface area (Å²) in [4.78, 5) is 0. The van der Waals surface area contributed by atoms with Gasteiger partial charge in [-0.05, 0) is 30.3 Å². The van der Waals surface area contributed by atoms with Gasteiger partial charge in [-0.2, -0.15) is 0 Å². The third-order valence-electron chi connectivity index (χ3n) is 2.90. The van der Waals surface area contributed by atoms with Gasteiger partial charge in [0.05, 0.1) is 4.58 Å². The number of thioether (sulfide) groups is 2. The Morgan fingerprint density at radius 2 is 1.93 bits per heavy atom. The molecule has 0 N–H and O–H groups in total. The van der Waals surface area contributed by atoms with Gasteiger partial charge in [-0.15, -0.1) is 30.1 Å². The predicted molar refractivity (Wildman–Crippen MR) is 73.4 cm³/mol. The molecule has 1 saturated heterocycles. The molecular weight excluding hydrogens is 220 g/mol. The van der Waals surface area contributed by atoms with Crippen molar-refractivity contribution in [1.29, 1.82) is 0 Å². The molecule has 1 aliphatic carbocycles. The summed E-state index contributed by atoms with van der Waals surface area (Å²) in [5.74, 6) is 4.07. The maximum atomic E-state index is 3.86. The van der Waals surface area contributed by atoms with Crippen LogP contribution < -0.4 is 0 Å². The Morgan fingerprint density at radius 3 is 2.67 bits per heavy atom. The minimum Gasteiger partial charge on any atom is -0.147 e. The zero-order valence-corrected chi connectivity index (χ0v) is 10.6. The molecule has 82 valence electrons. The lowest BCUT2D eigenvalue weighted by Gasteiger charge is -2.32. The largest absolute Gasteiger partial charge is 0.147 e. The van der Waals surface area contributed by atoms with Crippen LogP contribution in [-0.2, 0) is 0 Å². The molecule has 15 heavy (non-hydrogen) atoms. The van der Waals surface area contributed by atoms with E-state index < -0.39 is 0 Å². The Kier molecular flexibility index (Phi) is 4.45. The number of hydrogen-bond acceptors (Lipinski definition) is 2. The van der Waals surface area contributed by atoms with Crippen molar-refractivity contribution in [3.8, 4) is 0 Å². The van der Waals surface area contributed by atoms with Crippen molar-refractivity contribution in [1.82, 2.24) is 0 Å². The Hall–Kier alpha value is -0.0800. The zero-order chi connectivity index (χ0) is 10.5. The van der Waals surface area contributed by atoms with E-state index in [1.54, 1.807) is 0 Å². The molecule has 2 atom stereocenters. The fourth-order valence-corrected chi connectivity index (χ4v) is 5.38. The van der Waals surface area contributed by atoms with Crippen molar-refractivity contribution < 1.29 is 0 Å². The molecule has 0 bridgehead atoms. The van der Waals surface area contributed by atoms with Crippen molar-refractivity contribution in [2.45, 2.75) is 17.4 Å². The normalized spacial score (nSPS) is 31.7. The summed E-state index contributed by atoms with van der Waals surface area (Å²) < 4.78 is 0.768. The van der Waals surface area contributed by atoms with E-state index in [1.807, 2.05) is 0 Å². The molecule has 1 heterocycles. The Morgan fingerprint density at radius 1 is 1.20 bits per heavy atom. The van der Waals surface area contributed by atoms with Gasteiger partial charge < -0.3 is 0 Å². The highest BCUT2D eigenvalue weighted by molar-refractivity contribution is 8.17. The van der Waals surface area contributed by atoms with Crippen LogP contribution in [0.3, 0.4) is 0 Å². The second-order valence-corrected chi connectivity index (χ2v) is 6.80. The van der Waals surface area contributed by atoms with Crippen LogP contribution in [0.1, 0.15) is 12.8 Å². The maximum Gasteiger partial charge on any atom is 0.0570 e. The van der Waals surface area contributed by atoms with Gasteiger partial charge in [0, 0.05) is 5.92 Å². The van der Waals surface area contributed by atoms with Gasteiger partial charge in [0.1, 0.15) is 0 Å². The predicted octanol–water partition coefficient (Wildman–Crippen LogP) is 4.12. The SMILES string of the molecule is C=CC[C@@H]1C=CC=C[C@@H]1C1SCCCS1. The van der Waals surface area contributed by atoms with Crippen molar-refractivity contribution in [3.63, 3.8) is 0 Å². The van der Waals surface area contributed by atoms with Crippen LogP contribution in [0.5, 0.6) is 0 Å². The highest BCUT2D eigenvalue weighted by Crippen LogP contribution is 2.41. The van der Waals surface area contributed by atoms with Crippen LogP contribution in [0, 0.1) is 11.8 Å². The Bertz CT molecular complexity index is 262. The number of hydrogen-bond donors (Lipinski definition) is 0. The van der Waals surface area contributed by atoms with E-state index in [0.717, 1.165) is 11.0 Å². The van der Waals surface area contributed by atoms with Gasteiger partial charge in [-0.1, -0.05) is 30.4 Å². The second-order valence-electron chi connectivity index (χ2n) is 4.00. The van der Waals surface area contributed by atoms with E-state index >= 15 is 0 Å². The molecule has 2 heteroatoms. The van der Waals surface area contributed by atoms with E-state index in [2.05, 4.69) is 60.5 Å². The molecule has 0 saturated carbocycles. The van der Waals surface area contributed by atoms with Crippen LogP contribution in [0.15, 0.2) is 37.0 Å². The van der Waals surface area contributed by atoms with E-state index in [4.69, 9.17) is 0 Å². The third-order valence-corrected chi connectivity index (χ3v) is 6.05. The molecule has 0 radical (unpaired) electrons. The van der Waals surface area contributed by atoms with Crippen molar-refractivity contribution in [2.75, 3.05) is 11.5 Å². The fraction of sp³-hybridized carbons (Fsp3) is 0.538. The molecule has 0 aromatic carbocycles. The van der Waals surface area contributed by atoms with Gasteiger partial charge in [0.15, 0.2) is 0 Å². The van der Waals surface area contributed by atoms with Crippen LogP contribution in [0.4, 0.5) is 0 Å². The lowest BCUT2D eigenvalue weighted by atomic mass is 9.87. The van der Waals surface area contributed by atoms with Crippen LogP contribution in [0.25, 0.3) is 0 Å². The first-order valence-corrected chi connectivity index (χ1v) is 7.70. The van der Waals surface area contributed by atoms with Crippen molar-refractivity contribution in [3.05, 3.63) is 37.0 Å². The lowest BCUT2D eigenvalue weighted by molar-refractivity contribution is 0.505. The first-order valence-electron chi connectivity index (χ1n) is 5.61. The summed E-state index contributed by atoms with van der Waals surface area (Å²) in [6.45, 7) is 3.86. The number of allylic oxidation sites excluding steroid dienone is 5. The molecule has 0 aromatic rings. The average Bonchev–Trinajstić information content (AvgIpc) is 2.31. The summed E-state index contributed by atoms with van der Waals surface area (Å²) in [5.41, 5.74) is 0. The molecule has 2 aliphatic rings. The summed E-state index contributed by atoms with van der Waals surface area (Å²) >= 11 is 4.29. The van der Waals surface area contributed by atoms with Gasteiger partial charge in [-0.25, -0.2) is 0 Å². The minimum atomic E-state index is 0.676. The summed E-state index contributed by atoms with van der Waals surface area (Å²) in [5, 5.41) is 0. The first kappa shape index (κ1) is 11.4.